The number of rotatable bonds is 3. The maximum absolute atomic E-state index is 6.46. The van der Waals surface area contributed by atoms with E-state index in [0.29, 0.717) is 6.04 Å². The highest BCUT2D eigenvalue weighted by Gasteiger charge is 2.45. The Balaban J connectivity index is 1.91. The molecule has 0 radical (unpaired) electrons. The first-order valence-corrected chi connectivity index (χ1v) is 8.63. The van der Waals surface area contributed by atoms with Crippen molar-refractivity contribution in [2.75, 3.05) is 6.54 Å². The van der Waals surface area contributed by atoms with Crippen molar-refractivity contribution in [3.63, 3.8) is 0 Å². The van der Waals surface area contributed by atoms with Crippen LogP contribution < -0.4 is 10.1 Å². The fourth-order valence-electron chi connectivity index (χ4n) is 3.77. The van der Waals surface area contributed by atoms with Gasteiger partial charge >= 0.3 is 0 Å². The van der Waals surface area contributed by atoms with Gasteiger partial charge in [0.2, 0.25) is 0 Å². The van der Waals surface area contributed by atoms with Crippen LogP contribution in [-0.2, 0) is 0 Å². The minimum Gasteiger partial charge on any atom is -0.487 e. The molecule has 3 rings (SSSR count). The molecule has 20 heavy (non-hydrogen) atoms. The summed E-state index contributed by atoms with van der Waals surface area (Å²) in [6.45, 7) is 5.65. The molecule has 1 fully saturated rings. The summed E-state index contributed by atoms with van der Waals surface area (Å²) in [5, 5.41) is 3.72. The average Bonchev–Trinajstić information content (AvgIpc) is 2.77. The molecule has 110 valence electrons. The molecule has 1 aliphatic heterocycles. The van der Waals surface area contributed by atoms with Crippen molar-refractivity contribution in [1.29, 1.82) is 0 Å². The summed E-state index contributed by atoms with van der Waals surface area (Å²) in [5.74, 6) is 1.88. The molecule has 0 amide bonds. The number of fused-ring (bicyclic) bond motifs is 1. The molecule has 1 aromatic carbocycles. The lowest BCUT2D eigenvalue weighted by molar-refractivity contribution is 0.0336. The van der Waals surface area contributed by atoms with Gasteiger partial charge in [0.15, 0.2) is 0 Å². The number of nitrogens with one attached hydrogen (secondary N) is 1. The molecule has 2 aliphatic rings. The van der Waals surface area contributed by atoms with E-state index in [1.54, 1.807) is 0 Å². The van der Waals surface area contributed by atoms with Crippen molar-refractivity contribution in [3.05, 3.63) is 28.2 Å². The van der Waals surface area contributed by atoms with Crippen LogP contribution in [0.5, 0.6) is 5.75 Å². The number of hydrogen-bond donors (Lipinski definition) is 1. The molecular formula is C17H24BrNO. The first kappa shape index (κ1) is 14.4. The Hall–Kier alpha value is -0.540. The third kappa shape index (κ3) is 2.75. The van der Waals surface area contributed by atoms with E-state index in [9.17, 15) is 0 Å². The van der Waals surface area contributed by atoms with Crippen LogP contribution in [0.15, 0.2) is 22.7 Å². The Bertz CT molecular complexity index is 490. The molecule has 1 saturated carbocycles. The molecule has 2 nitrogen and oxygen atoms in total. The second-order valence-corrected chi connectivity index (χ2v) is 7.44. The van der Waals surface area contributed by atoms with E-state index in [0.717, 1.165) is 29.1 Å². The summed E-state index contributed by atoms with van der Waals surface area (Å²) in [4.78, 5) is 0. The maximum Gasteiger partial charge on any atom is 0.125 e. The molecule has 1 heterocycles. The highest BCUT2D eigenvalue weighted by atomic mass is 79.9. The van der Waals surface area contributed by atoms with E-state index in [4.69, 9.17) is 4.74 Å². The predicted octanol–water partition coefficient (Wildman–Crippen LogP) is 4.83. The van der Waals surface area contributed by atoms with E-state index in [-0.39, 0.29) is 5.60 Å². The van der Waals surface area contributed by atoms with Crippen molar-refractivity contribution >= 4 is 15.9 Å². The number of halogens is 1. The number of benzene rings is 1. The molecular weight excluding hydrogens is 314 g/mol. The highest BCUT2D eigenvalue weighted by molar-refractivity contribution is 9.10. The Kier molecular flexibility index (Phi) is 4.09. The van der Waals surface area contributed by atoms with Gasteiger partial charge in [0.05, 0.1) is 0 Å². The lowest BCUT2D eigenvalue weighted by atomic mass is 9.85. The van der Waals surface area contributed by atoms with Gasteiger partial charge in [0.25, 0.3) is 0 Å². The molecule has 0 bridgehead atoms. The largest absolute Gasteiger partial charge is 0.487 e. The van der Waals surface area contributed by atoms with Crippen LogP contribution in [0.4, 0.5) is 0 Å². The highest BCUT2D eigenvalue weighted by Crippen LogP contribution is 2.49. The van der Waals surface area contributed by atoms with Gasteiger partial charge in [-0.05, 0) is 56.3 Å². The topological polar surface area (TPSA) is 21.3 Å². The van der Waals surface area contributed by atoms with Crippen LogP contribution in [0.25, 0.3) is 0 Å². The van der Waals surface area contributed by atoms with Crippen LogP contribution in [0.1, 0.15) is 57.6 Å². The van der Waals surface area contributed by atoms with Gasteiger partial charge in [-0.1, -0.05) is 29.8 Å². The fourth-order valence-corrected chi connectivity index (χ4v) is 4.15. The summed E-state index contributed by atoms with van der Waals surface area (Å²) in [6.07, 6.45) is 5.98. The van der Waals surface area contributed by atoms with Crippen LogP contribution in [0.2, 0.25) is 0 Å². The van der Waals surface area contributed by atoms with Crippen molar-refractivity contribution in [1.82, 2.24) is 5.32 Å². The molecule has 3 atom stereocenters. The maximum atomic E-state index is 6.46. The molecule has 3 unspecified atom stereocenters. The monoisotopic (exact) mass is 337 g/mol. The smallest absolute Gasteiger partial charge is 0.125 e. The Labute approximate surface area is 130 Å². The zero-order valence-electron chi connectivity index (χ0n) is 12.4. The van der Waals surface area contributed by atoms with Crippen LogP contribution in [0, 0.1) is 5.92 Å². The average molecular weight is 338 g/mol. The standard InChI is InChI=1S/C17H24BrNO/c1-3-8-19-15-11-17(7-6-12(2)10-17)20-16-5-4-13(18)9-14(15)16/h4-5,9,12,15,19H,3,6-8,10-11H2,1-2H3. The quantitative estimate of drug-likeness (QED) is 0.852. The summed E-state index contributed by atoms with van der Waals surface area (Å²) >= 11 is 3.59. The molecule has 1 aliphatic carbocycles. The second kappa shape index (κ2) is 5.69. The first-order valence-electron chi connectivity index (χ1n) is 7.84. The minimum atomic E-state index is 0.0751. The Morgan fingerprint density at radius 1 is 1.40 bits per heavy atom. The summed E-state index contributed by atoms with van der Waals surface area (Å²) in [7, 11) is 0. The van der Waals surface area contributed by atoms with Crippen molar-refractivity contribution < 1.29 is 4.74 Å². The number of ether oxygens (including phenoxy) is 1. The fraction of sp³-hybridized carbons (Fsp3) is 0.647. The molecule has 1 spiro atoms. The normalized spacial score (nSPS) is 32.1. The van der Waals surface area contributed by atoms with Crippen LogP contribution in [-0.4, -0.2) is 12.1 Å². The lowest BCUT2D eigenvalue weighted by Gasteiger charge is -2.40. The molecule has 0 saturated heterocycles. The third-order valence-electron chi connectivity index (χ3n) is 4.70. The van der Waals surface area contributed by atoms with E-state index in [2.05, 4.69) is 53.3 Å². The van der Waals surface area contributed by atoms with Gasteiger partial charge in [0, 0.05) is 22.5 Å². The zero-order valence-corrected chi connectivity index (χ0v) is 14.0. The summed E-state index contributed by atoms with van der Waals surface area (Å²) in [6, 6.07) is 6.87. The van der Waals surface area contributed by atoms with Gasteiger partial charge in [-0.3, -0.25) is 0 Å². The van der Waals surface area contributed by atoms with Gasteiger partial charge in [-0.15, -0.1) is 0 Å². The van der Waals surface area contributed by atoms with Crippen molar-refractivity contribution in [2.24, 2.45) is 5.92 Å². The van der Waals surface area contributed by atoms with Crippen LogP contribution >= 0.6 is 15.9 Å². The first-order chi connectivity index (χ1) is 9.62. The van der Waals surface area contributed by atoms with E-state index >= 15 is 0 Å². The molecule has 1 aromatic rings. The lowest BCUT2D eigenvalue weighted by Crippen LogP contribution is -2.42. The van der Waals surface area contributed by atoms with Gasteiger partial charge in [0.1, 0.15) is 11.4 Å². The Morgan fingerprint density at radius 3 is 2.95 bits per heavy atom. The van der Waals surface area contributed by atoms with Gasteiger partial charge in [-0.25, -0.2) is 0 Å². The molecule has 3 heteroatoms. The van der Waals surface area contributed by atoms with Crippen molar-refractivity contribution in [2.45, 2.75) is 57.6 Å². The predicted molar refractivity (Wildman–Crippen MR) is 86.2 cm³/mol. The van der Waals surface area contributed by atoms with Crippen LogP contribution in [0.3, 0.4) is 0 Å². The third-order valence-corrected chi connectivity index (χ3v) is 5.20. The van der Waals surface area contributed by atoms with Gasteiger partial charge in [-0.2, -0.15) is 0 Å². The number of hydrogen-bond acceptors (Lipinski definition) is 2. The van der Waals surface area contributed by atoms with E-state index in [1.165, 1.54) is 31.2 Å². The summed E-state index contributed by atoms with van der Waals surface area (Å²) in [5.41, 5.74) is 1.39. The SMILES string of the molecule is CCCNC1CC2(CCC(C)C2)Oc2ccc(Br)cc21. The van der Waals surface area contributed by atoms with Gasteiger partial charge < -0.3 is 10.1 Å². The van der Waals surface area contributed by atoms with Crippen molar-refractivity contribution in [3.8, 4) is 5.75 Å². The Morgan fingerprint density at radius 2 is 2.25 bits per heavy atom. The molecule has 1 N–H and O–H groups in total. The molecule has 0 aromatic heterocycles. The van der Waals surface area contributed by atoms with E-state index in [1.807, 2.05) is 0 Å². The second-order valence-electron chi connectivity index (χ2n) is 6.53. The van der Waals surface area contributed by atoms with E-state index < -0.39 is 0 Å². The minimum absolute atomic E-state index is 0.0751. The summed E-state index contributed by atoms with van der Waals surface area (Å²) < 4.78 is 7.59. The zero-order chi connectivity index (χ0) is 14.2.